The van der Waals surface area contributed by atoms with E-state index in [0.29, 0.717) is 17.3 Å². The monoisotopic (exact) mass is 411 g/mol. The SMILES string of the molecule is CCN(CC)C(CNC(=O)c1cc(-n2ccnc2C)ccn1)c1ccccc1Cl. The Balaban J connectivity index is 1.79. The van der Waals surface area contributed by atoms with E-state index >= 15 is 0 Å². The normalized spacial score (nSPS) is 12.2. The minimum atomic E-state index is -0.214. The van der Waals surface area contributed by atoms with Crippen LogP contribution >= 0.6 is 11.6 Å². The van der Waals surface area contributed by atoms with Crippen LogP contribution in [0.5, 0.6) is 0 Å². The molecule has 0 bridgehead atoms. The number of nitrogens with one attached hydrogen (secondary N) is 1. The number of imidazole rings is 1. The van der Waals surface area contributed by atoms with Gasteiger partial charge in [-0.1, -0.05) is 43.6 Å². The third-order valence-corrected chi connectivity index (χ3v) is 5.40. The molecule has 6 nitrogen and oxygen atoms in total. The van der Waals surface area contributed by atoms with Gasteiger partial charge in [0.2, 0.25) is 0 Å². The molecular formula is C22H26ClN5O. The van der Waals surface area contributed by atoms with Crippen molar-refractivity contribution in [2.24, 2.45) is 0 Å². The van der Waals surface area contributed by atoms with Gasteiger partial charge in [-0.15, -0.1) is 0 Å². The first-order chi connectivity index (χ1) is 14.0. The summed E-state index contributed by atoms with van der Waals surface area (Å²) in [7, 11) is 0. The Morgan fingerprint density at radius 3 is 2.59 bits per heavy atom. The lowest BCUT2D eigenvalue weighted by molar-refractivity contribution is 0.0930. The lowest BCUT2D eigenvalue weighted by Crippen LogP contribution is -2.38. The van der Waals surface area contributed by atoms with Crippen LogP contribution in [0.15, 0.2) is 55.0 Å². The van der Waals surface area contributed by atoms with Crippen LogP contribution in [0.25, 0.3) is 5.69 Å². The largest absolute Gasteiger partial charge is 0.349 e. The molecule has 1 aromatic carbocycles. The van der Waals surface area contributed by atoms with Gasteiger partial charge in [0.05, 0.1) is 11.7 Å². The number of halogens is 1. The van der Waals surface area contributed by atoms with Gasteiger partial charge in [0.1, 0.15) is 11.5 Å². The lowest BCUT2D eigenvalue weighted by atomic mass is 10.0. The summed E-state index contributed by atoms with van der Waals surface area (Å²) < 4.78 is 1.92. The third-order valence-electron chi connectivity index (χ3n) is 5.05. The molecule has 1 amide bonds. The van der Waals surface area contributed by atoms with Gasteiger partial charge < -0.3 is 9.88 Å². The number of carbonyl (C=O) groups excluding carboxylic acids is 1. The number of aromatic nitrogens is 3. The van der Waals surface area contributed by atoms with Crippen LogP contribution in [0.1, 0.15) is 41.8 Å². The number of nitrogens with zero attached hydrogens (tertiary/aromatic N) is 4. The van der Waals surface area contributed by atoms with E-state index in [1.165, 1.54) is 0 Å². The zero-order valence-electron chi connectivity index (χ0n) is 17.0. The number of aryl methyl sites for hydroxylation is 1. The molecule has 0 aliphatic rings. The first kappa shape index (κ1) is 21.0. The first-order valence-corrected chi connectivity index (χ1v) is 10.2. The quantitative estimate of drug-likeness (QED) is 0.607. The van der Waals surface area contributed by atoms with E-state index < -0.39 is 0 Å². The number of benzene rings is 1. The van der Waals surface area contributed by atoms with Gasteiger partial charge >= 0.3 is 0 Å². The van der Waals surface area contributed by atoms with E-state index in [0.717, 1.165) is 30.2 Å². The fraction of sp³-hybridized carbons (Fsp3) is 0.318. The van der Waals surface area contributed by atoms with Crippen LogP contribution in [0, 0.1) is 6.92 Å². The minimum Gasteiger partial charge on any atom is -0.349 e. The van der Waals surface area contributed by atoms with Crippen molar-refractivity contribution in [2.45, 2.75) is 26.8 Å². The van der Waals surface area contributed by atoms with Gasteiger partial charge in [0, 0.05) is 30.2 Å². The van der Waals surface area contributed by atoms with Crippen LogP contribution in [-0.4, -0.2) is 45.0 Å². The van der Waals surface area contributed by atoms with Crippen molar-refractivity contribution in [1.82, 2.24) is 24.8 Å². The molecule has 0 fully saturated rings. The molecule has 1 atom stereocenters. The number of hydrogen-bond acceptors (Lipinski definition) is 4. The molecule has 0 aliphatic heterocycles. The fourth-order valence-electron chi connectivity index (χ4n) is 3.47. The highest BCUT2D eigenvalue weighted by atomic mass is 35.5. The van der Waals surface area contributed by atoms with Crippen molar-refractivity contribution in [3.63, 3.8) is 0 Å². The Morgan fingerprint density at radius 2 is 1.93 bits per heavy atom. The predicted octanol–water partition coefficient (Wildman–Crippen LogP) is 4.04. The molecule has 0 saturated carbocycles. The highest BCUT2D eigenvalue weighted by Crippen LogP contribution is 2.27. The second-order valence-corrected chi connectivity index (χ2v) is 7.12. The van der Waals surface area contributed by atoms with Crippen molar-refractivity contribution in [3.05, 3.63) is 77.1 Å². The van der Waals surface area contributed by atoms with Crippen LogP contribution in [0.3, 0.4) is 0 Å². The summed E-state index contributed by atoms with van der Waals surface area (Å²) in [5, 5.41) is 3.74. The second kappa shape index (κ2) is 9.67. The minimum absolute atomic E-state index is 0.0123. The molecule has 1 unspecified atom stereocenters. The molecule has 7 heteroatoms. The molecule has 2 heterocycles. The Hall–Kier alpha value is -2.70. The number of pyridine rings is 1. The van der Waals surface area contributed by atoms with Crippen molar-refractivity contribution >= 4 is 17.5 Å². The molecule has 3 rings (SSSR count). The summed E-state index contributed by atoms with van der Waals surface area (Å²) in [6.07, 6.45) is 5.23. The molecular weight excluding hydrogens is 386 g/mol. The molecule has 0 aliphatic carbocycles. The number of hydrogen-bond donors (Lipinski definition) is 1. The Morgan fingerprint density at radius 1 is 1.17 bits per heavy atom. The van der Waals surface area contributed by atoms with E-state index in [1.54, 1.807) is 18.5 Å². The summed E-state index contributed by atoms with van der Waals surface area (Å²) in [4.78, 5) is 23.6. The van der Waals surface area contributed by atoms with E-state index in [4.69, 9.17) is 11.6 Å². The summed E-state index contributed by atoms with van der Waals surface area (Å²) in [5.74, 6) is 0.636. The Kier molecular flexibility index (Phi) is 7.01. The molecule has 0 spiro atoms. The maximum absolute atomic E-state index is 12.8. The number of carbonyl (C=O) groups is 1. The van der Waals surface area contributed by atoms with Crippen LogP contribution < -0.4 is 5.32 Å². The smallest absolute Gasteiger partial charge is 0.270 e. The fourth-order valence-corrected chi connectivity index (χ4v) is 3.73. The number of likely N-dealkylation sites (N-methyl/N-ethyl adjacent to an activating group) is 1. The third kappa shape index (κ3) is 4.83. The van der Waals surface area contributed by atoms with E-state index in [-0.39, 0.29) is 11.9 Å². The number of amides is 1. The molecule has 0 saturated heterocycles. The predicted molar refractivity (Wildman–Crippen MR) is 116 cm³/mol. The average Bonchev–Trinajstić information content (AvgIpc) is 3.17. The van der Waals surface area contributed by atoms with Gasteiger partial charge in [-0.25, -0.2) is 4.98 Å². The van der Waals surface area contributed by atoms with E-state index in [1.807, 2.05) is 48.0 Å². The second-order valence-electron chi connectivity index (χ2n) is 6.71. The van der Waals surface area contributed by atoms with E-state index in [2.05, 4.69) is 34.0 Å². The zero-order chi connectivity index (χ0) is 20.8. The Bertz CT molecular complexity index is 967. The van der Waals surface area contributed by atoms with Crippen LogP contribution in [0.2, 0.25) is 5.02 Å². The highest BCUT2D eigenvalue weighted by Gasteiger charge is 2.21. The summed E-state index contributed by atoms with van der Waals surface area (Å²) in [6, 6.07) is 11.4. The maximum atomic E-state index is 12.8. The van der Waals surface area contributed by atoms with Crippen LogP contribution in [0.4, 0.5) is 0 Å². The molecule has 152 valence electrons. The average molecular weight is 412 g/mol. The molecule has 0 radical (unpaired) electrons. The highest BCUT2D eigenvalue weighted by molar-refractivity contribution is 6.31. The maximum Gasteiger partial charge on any atom is 0.270 e. The van der Waals surface area contributed by atoms with Crippen molar-refractivity contribution in [1.29, 1.82) is 0 Å². The molecule has 29 heavy (non-hydrogen) atoms. The standard InChI is InChI=1S/C22H26ClN5O/c1-4-27(5-2)21(18-8-6-7-9-19(18)23)15-26-22(29)20-14-17(10-11-25-20)28-13-12-24-16(28)3/h6-14,21H,4-5,15H2,1-3H3,(H,26,29). The summed E-state index contributed by atoms with van der Waals surface area (Å²) in [5.41, 5.74) is 2.23. The lowest BCUT2D eigenvalue weighted by Gasteiger charge is -2.30. The van der Waals surface area contributed by atoms with Crippen LogP contribution in [-0.2, 0) is 0 Å². The molecule has 1 N–H and O–H groups in total. The first-order valence-electron chi connectivity index (χ1n) is 9.78. The van der Waals surface area contributed by atoms with Crippen molar-refractivity contribution in [3.8, 4) is 5.69 Å². The number of rotatable bonds is 8. The summed E-state index contributed by atoms with van der Waals surface area (Å²) in [6.45, 7) is 8.28. The molecule has 3 aromatic rings. The van der Waals surface area contributed by atoms with Gasteiger partial charge in [-0.2, -0.15) is 0 Å². The Labute approximate surface area is 176 Å². The van der Waals surface area contributed by atoms with Gasteiger partial charge in [0.25, 0.3) is 5.91 Å². The van der Waals surface area contributed by atoms with Gasteiger partial charge in [-0.05, 0) is 43.8 Å². The van der Waals surface area contributed by atoms with Crippen molar-refractivity contribution in [2.75, 3.05) is 19.6 Å². The van der Waals surface area contributed by atoms with Crippen molar-refractivity contribution < 1.29 is 4.79 Å². The van der Waals surface area contributed by atoms with Gasteiger partial charge in [-0.3, -0.25) is 14.7 Å². The van der Waals surface area contributed by atoms with Gasteiger partial charge in [0.15, 0.2) is 0 Å². The molecule has 2 aromatic heterocycles. The topological polar surface area (TPSA) is 63.1 Å². The van der Waals surface area contributed by atoms with E-state index in [9.17, 15) is 4.79 Å². The summed E-state index contributed by atoms with van der Waals surface area (Å²) >= 11 is 6.44. The zero-order valence-corrected chi connectivity index (χ0v) is 17.7.